The summed E-state index contributed by atoms with van der Waals surface area (Å²) in [6, 6.07) is 11.3. The molecule has 0 aliphatic heterocycles. The minimum atomic E-state index is -3.60. The lowest BCUT2D eigenvalue weighted by atomic mass is 9.89. The van der Waals surface area contributed by atoms with E-state index in [9.17, 15) is 8.42 Å². The Kier molecular flexibility index (Phi) is 6.22. The largest absolute Gasteiger partial charge is 0.496 e. The molecule has 5 heteroatoms. The number of hydrogen-bond acceptors (Lipinski definition) is 3. The second-order valence-electron chi connectivity index (χ2n) is 7.14. The Morgan fingerprint density at radius 1 is 1.04 bits per heavy atom. The van der Waals surface area contributed by atoms with E-state index < -0.39 is 10.0 Å². The third-order valence-electron chi connectivity index (χ3n) is 5.42. The molecule has 2 aromatic carbocycles. The van der Waals surface area contributed by atoms with Crippen LogP contribution in [0, 0.1) is 0 Å². The minimum absolute atomic E-state index is 0.227. The summed E-state index contributed by atoms with van der Waals surface area (Å²) in [5.74, 6) is 0.721. The van der Waals surface area contributed by atoms with Gasteiger partial charge in [-0.3, -0.25) is 0 Å². The highest BCUT2D eigenvalue weighted by atomic mass is 32.2. The van der Waals surface area contributed by atoms with E-state index in [0.29, 0.717) is 12.8 Å². The molecule has 3 rings (SSSR count). The number of sulfonamides is 1. The summed E-state index contributed by atoms with van der Waals surface area (Å²) < 4.78 is 34.2. The summed E-state index contributed by atoms with van der Waals surface area (Å²) in [7, 11) is -2.00. The molecule has 0 saturated carbocycles. The van der Waals surface area contributed by atoms with Crippen LogP contribution in [0.5, 0.6) is 5.75 Å². The van der Waals surface area contributed by atoms with Crippen molar-refractivity contribution in [2.75, 3.05) is 7.11 Å². The Hall–Kier alpha value is -1.85. The van der Waals surface area contributed by atoms with E-state index >= 15 is 0 Å². The highest BCUT2D eigenvalue weighted by molar-refractivity contribution is 7.89. The number of hydrogen-bond donors (Lipinski definition) is 1. The highest BCUT2D eigenvalue weighted by Crippen LogP contribution is 2.28. The standard InChI is InChI=1S/C22H29NO3S/c1-4-16-15-20(12-13-22(16)26-3)27(24,25)23-21(5-2)19-11-10-17-8-6-7-9-18(17)14-19/h10-15,21,23H,4-9H2,1-3H3/t21-/m0/s1. The van der Waals surface area contributed by atoms with E-state index in [-0.39, 0.29) is 10.9 Å². The number of rotatable bonds is 7. The average molecular weight is 388 g/mol. The molecule has 0 radical (unpaired) electrons. The monoisotopic (exact) mass is 387 g/mol. The van der Waals surface area contributed by atoms with Gasteiger partial charge in [-0.15, -0.1) is 0 Å². The van der Waals surface area contributed by atoms with Crippen molar-refractivity contribution in [2.24, 2.45) is 0 Å². The van der Waals surface area contributed by atoms with Crippen LogP contribution in [0.15, 0.2) is 41.3 Å². The van der Waals surface area contributed by atoms with Crippen LogP contribution in [0.25, 0.3) is 0 Å². The maximum Gasteiger partial charge on any atom is 0.241 e. The van der Waals surface area contributed by atoms with E-state index in [4.69, 9.17) is 4.74 Å². The van der Waals surface area contributed by atoms with E-state index in [0.717, 1.165) is 29.7 Å². The maximum atomic E-state index is 13.0. The molecule has 0 unspecified atom stereocenters. The van der Waals surface area contributed by atoms with Gasteiger partial charge >= 0.3 is 0 Å². The van der Waals surface area contributed by atoms with Crippen molar-refractivity contribution in [3.05, 3.63) is 58.7 Å². The molecule has 146 valence electrons. The molecule has 0 fully saturated rings. The smallest absolute Gasteiger partial charge is 0.241 e. The summed E-state index contributed by atoms with van der Waals surface area (Å²) in [6.07, 6.45) is 6.09. The molecule has 1 aliphatic rings. The van der Waals surface area contributed by atoms with Crippen molar-refractivity contribution in [2.45, 2.75) is 63.3 Å². The quantitative estimate of drug-likeness (QED) is 0.757. The molecule has 27 heavy (non-hydrogen) atoms. The third-order valence-corrected chi connectivity index (χ3v) is 6.89. The predicted octanol–water partition coefficient (Wildman–Crippen LogP) is 4.57. The fourth-order valence-electron chi connectivity index (χ4n) is 3.81. The van der Waals surface area contributed by atoms with Crippen LogP contribution in [0.3, 0.4) is 0 Å². The molecule has 0 amide bonds. The van der Waals surface area contributed by atoms with Gasteiger partial charge in [-0.2, -0.15) is 0 Å². The van der Waals surface area contributed by atoms with E-state index in [1.165, 1.54) is 24.0 Å². The Morgan fingerprint density at radius 2 is 1.78 bits per heavy atom. The first-order valence-corrected chi connectivity index (χ1v) is 11.3. The van der Waals surface area contributed by atoms with Gasteiger partial charge in [0.05, 0.1) is 12.0 Å². The Labute approximate surface area is 163 Å². The van der Waals surface area contributed by atoms with Gasteiger partial charge in [-0.1, -0.05) is 32.0 Å². The number of benzene rings is 2. The van der Waals surface area contributed by atoms with Crippen molar-refractivity contribution in [3.8, 4) is 5.75 Å². The predicted molar refractivity (Wildman–Crippen MR) is 109 cm³/mol. The molecule has 0 spiro atoms. The Balaban J connectivity index is 1.87. The minimum Gasteiger partial charge on any atom is -0.496 e. The molecule has 4 nitrogen and oxygen atoms in total. The molecule has 0 aromatic heterocycles. The first kappa shape index (κ1) is 19.9. The molecule has 0 saturated heterocycles. The molecule has 0 heterocycles. The van der Waals surface area contributed by atoms with Gasteiger partial charge in [0.15, 0.2) is 0 Å². The second-order valence-corrected chi connectivity index (χ2v) is 8.86. The maximum absolute atomic E-state index is 13.0. The summed E-state index contributed by atoms with van der Waals surface area (Å²) in [4.78, 5) is 0.288. The van der Waals surface area contributed by atoms with Crippen molar-refractivity contribution < 1.29 is 13.2 Å². The molecule has 1 N–H and O–H groups in total. The van der Waals surface area contributed by atoms with E-state index in [2.05, 4.69) is 22.9 Å². The number of fused-ring (bicyclic) bond motifs is 1. The van der Waals surface area contributed by atoms with Crippen LogP contribution in [0.2, 0.25) is 0 Å². The lowest BCUT2D eigenvalue weighted by Gasteiger charge is -2.22. The van der Waals surface area contributed by atoms with Crippen LogP contribution in [0.1, 0.15) is 61.4 Å². The van der Waals surface area contributed by atoms with Crippen molar-refractivity contribution in [1.29, 1.82) is 0 Å². The first-order valence-electron chi connectivity index (χ1n) is 9.79. The zero-order valence-corrected chi connectivity index (χ0v) is 17.2. The van der Waals surface area contributed by atoms with Gasteiger partial charge in [-0.25, -0.2) is 13.1 Å². The second kappa shape index (κ2) is 8.44. The van der Waals surface area contributed by atoms with Crippen LogP contribution < -0.4 is 9.46 Å². The van der Waals surface area contributed by atoms with Crippen molar-refractivity contribution >= 4 is 10.0 Å². The highest BCUT2D eigenvalue weighted by Gasteiger charge is 2.22. The van der Waals surface area contributed by atoms with Gasteiger partial charge in [0.1, 0.15) is 5.75 Å². The number of aryl methyl sites for hydroxylation is 3. The molecule has 1 aliphatic carbocycles. The molecule has 0 bridgehead atoms. The van der Waals surface area contributed by atoms with E-state index in [1.807, 2.05) is 13.8 Å². The fraction of sp³-hybridized carbons (Fsp3) is 0.455. The SMILES string of the molecule is CCc1cc(S(=O)(=O)N[C@@H](CC)c2ccc3c(c2)CCCC3)ccc1OC. The van der Waals surface area contributed by atoms with Gasteiger partial charge < -0.3 is 4.74 Å². The molecular formula is C22H29NO3S. The summed E-state index contributed by atoms with van der Waals surface area (Å²) >= 11 is 0. The normalized spacial score (nSPS) is 15.2. The molecule has 1 atom stereocenters. The zero-order valence-electron chi connectivity index (χ0n) is 16.4. The number of methoxy groups -OCH3 is 1. The Morgan fingerprint density at radius 3 is 2.44 bits per heavy atom. The lowest BCUT2D eigenvalue weighted by Crippen LogP contribution is -2.28. The van der Waals surface area contributed by atoms with Crippen LogP contribution in [-0.4, -0.2) is 15.5 Å². The van der Waals surface area contributed by atoms with Crippen molar-refractivity contribution in [3.63, 3.8) is 0 Å². The topological polar surface area (TPSA) is 55.4 Å². The summed E-state index contributed by atoms with van der Waals surface area (Å²) in [6.45, 7) is 4.00. The van der Waals surface area contributed by atoms with Gasteiger partial charge in [-0.05, 0) is 79.0 Å². The molecular weight excluding hydrogens is 358 g/mol. The summed E-state index contributed by atoms with van der Waals surface area (Å²) in [5.41, 5.74) is 4.72. The first-order chi connectivity index (χ1) is 13.0. The van der Waals surface area contributed by atoms with Crippen LogP contribution >= 0.6 is 0 Å². The Bertz CT molecular complexity index is 906. The van der Waals surface area contributed by atoms with Gasteiger partial charge in [0.25, 0.3) is 0 Å². The lowest BCUT2D eigenvalue weighted by molar-refractivity contribution is 0.409. The van der Waals surface area contributed by atoms with Crippen LogP contribution in [0.4, 0.5) is 0 Å². The van der Waals surface area contributed by atoms with Crippen LogP contribution in [-0.2, 0) is 29.3 Å². The number of nitrogens with one attached hydrogen (secondary N) is 1. The van der Waals surface area contributed by atoms with Gasteiger partial charge in [0.2, 0.25) is 10.0 Å². The fourth-order valence-corrected chi connectivity index (χ4v) is 5.17. The van der Waals surface area contributed by atoms with Crippen molar-refractivity contribution in [1.82, 2.24) is 4.72 Å². The van der Waals surface area contributed by atoms with E-state index in [1.54, 1.807) is 25.3 Å². The van der Waals surface area contributed by atoms with Gasteiger partial charge in [0, 0.05) is 6.04 Å². The zero-order chi connectivity index (χ0) is 19.4. The molecule has 2 aromatic rings. The number of ether oxygens (including phenoxy) is 1. The summed E-state index contributed by atoms with van der Waals surface area (Å²) in [5, 5.41) is 0. The third kappa shape index (κ3) is 4.36. The average Bonchev–Trinajstić information content (AvgIpc) is 2.71.